The molecule has 4 nitrogen and oxygen atoms in total. The molecule has 2 aromatic carbocycles. The highest BCUT2D eigenvalue weighted by molar-refractivity contribution is 8.18. The Morgan fingerprint density at radius 3 is 2.55 bits per heavy atom. The topological polar surface area (TPSA) is 37.6 Å². The Hall–Kier alpha value is -3.12. The third kappa shape index (κ3) is 3.89. The van der Waals surface area contributed by atoms with Crippen LogP contribution in [-0.2, 0) is 4.79 Å². The van der Waals surface area contributed by atoms with Crippen molar-refractivity contribution in [3.8, 4) is 5.69 Å². The number of amidine groups is 1. The molecule has 0 spiro atoms. The molecule has 1 aromatic heterocycles. The minimum Gasteiger partial charge on any atom is -0.317 e. The zero-order valence-corrected chi connectivity index (χ0v) is 17.0. The number of amides is 1. The number of carbonyl (C=O) groups is 1. The van der Waals surface area contributed by atoms with Crippen molar-refractivity contribution in [3.05, 3.63) is 88.8 Å². The van der Waals surface area contributed by atoms with Crippen LogP contribution in [0.1, 0.15) is 18.2 Å². The van der Waals surface area contributed by atoms with Gasteiger partial charge in [0.05, 0.1) is 10.6 Å². The van der Waals surface area contributed by atoms with Crippen LogP contribution in [-0.4, -0.2) is 27.1 Å². The number of benzene rings is 2. The summed E-state index contributed by atoms with van der Waals surface area (Å²) < 4.78 is 15.2. The maximum atomic E-state index is 13.2. The Morgan fingerprint density at radius 2 is 1.83 bits per heavy atom. The number of likely N-dealkylation sites (N-methyl/N-ethyl adjacent to an activating group) is 1. The number of aromatic nitrogens is 1. The molecular weight excluding hydrogens is 385 g/mol. The fourth-order valence-electron chi connectivity index (χ4n) is 3.20. The number of aryl methyl sites for hydroxylation is 1. The number of thioether (sulfide) groups is 1. The zero-order chi connectivity index (χ0) is 20.4. The van der Waals surface area contributed by atoms with Crippen LogP contribution in [0, 0.1) is 12.7 Å². The second-order valence-corrected chi connectivity index (χ2v) is 7.63. The predicted octanol–water partition coefficient (Wildman–Crippen LogP) is 5.55. The average Bonchev–Trinajstić information content (AvgIpc) is 3.29. The summed E-state index contributed by atoms with van der Waals surface area (Å²) in [7, 11) is 0. The Bertz CT molecular complexity index is 1120. The molecule has 0 bridgehead atoms. The standard InChI is InChI=1S/C23H20FN3OS/c1-3-26-22(28)21(29-23(26)25-18-12-10-17(24)11-13-18)15-19-8-6-14-27(19)20-9-5-4-7-16(20)2/h4-15H,3H2,1-2H3/b21-15+,25-23?. The number of halogens is 1. The van der Waals surface area contributed by atoms with Gasteiger partial charge in [-0.15, -0.1) is 0 Å². The number of hydrogen-bond acceptors (Lipinski definition) is 3. The number of para-hydroxylation sites is 1. The SMILES string of the molecule is CCN1C(=O)/C(=C\c2cccn2-c2ccccc2C)SC1=Nc1ccc(F)cc1. The van der Waals surface area contributed by atoms with E-state index in [-0.39, 0.29) is 11.7 Å². The molecule has 1 fully saturated rings. The molecule has 0 unspecified atom stereocenters. The van der Waals surface area contributed by atoms with E-state index in [1.54, 1.807) is 17.0 Å². The Morgan fingerprint density at radius 1 is 1.07 bits per heavy atom. The number of nitrogens with zero attached hydrogens (tertiary/aromatic N) is 3. The number of hydrogen-bond donors (Lipinski definition) is 0. The van der Waals surface area contributed by atoms with E-state index in [4.69, 9.17) is 0 Å². The van der Waals surface area contributed by atoms with Crippen molar-refractivity contribution < 1.29 is 9.18 Å². The molecule has 1 aliphatic rings. The smallest absolute Gasteiger partial charge is 0.266 e. The molecule has 4 rings (SSSR count). The first-order valence-corrected chi connectivity index (χ1v) is 10.2. The van der Waals surface area contributed by atoms with Gasteiger partial charge in [0.15, 0.2) is 5.17 Å². The van der Waals surface area contributed by atoms with E-state index in [0.29, 0.717) is 22.3 Å². The van der Waals surface area contributed by atoms with E-state index in [9.17, 15) is 9.18 Å². The molecule has 0 saturated carbocycles. The van der Waals surface area contributed by atoms with Crippen LogP contribution in [0.15, 0.2) is 76.8 Å². The fraction of sp³-hybridized carbons (Fsp3) is 0.130. The number of rotatable bonds is 4. The lowest BCUT2D eigenvalue weighted by molar-refractivity contribution is -0.122. The van der Waals surface area contributed by atoms with Gasteiger partial charge in [-0.25, -0.2) is 9.38 Å². The van der Waals surface area contributed by atoms with Gasteiger partial charge in [0, 0.05) is 24.1 Å². The zero-order valence-electron chi connectivity index (χ0n) is 16.2. The van der Waals surface area contributed by atoms with Gasteiger partial charge in [0.2, 0.25) is 0 Å². The van der Waals surface area contributed by atoms with Crippen molar-refractivity contribution in [2.45, 2.75) is 13.8 Å². The molecule has 1 saturated heterocycles. The number of carbonyl (C=O) groups excluding carboxylic acids is 1. The first kappa shape index (κ1) is 19.2. The summed E-state index contributed by atoms with van der Waals surface area (Å²) in [4.78, 5) is 19.7. The Balaban J connectivity index is 1.69. The highest BCUT2D eigenvalue weighted by Crippen LogP contribution is 2.34. The largest absolute Gasteiger partial charge is 0.317 e. The molecule has 2 heterocycles. The quantitative estimate of drug-likeness (QED) is 0.534. The fourth-order valence-corrected chi connectivity index (χ4v) is 4.24. The van der Waals surface area contributed by atoms with E-state index in [1.807, 2.05) is 43.5 Å². The molecular formula is C23H20FN3OS. The third-order valence-corrected chi connectivity index (χ3v) is 5.70. The van der Waals surface area contributed by atoms with Crippen LogP contribution in [0.3, 0.4) is 0 Å². The van der Waals surface area contributed by atoms with Crippen LogP contribution >= 0.6 is 11.8 Å². The molecule has 6 heteroatoms. The normalized spacial score (nSPS) is 16.9. The minimum atomic E-state index is -0.311. The third-order valence-electron chi connectivity index (χ3n) is 4.69. The summed E-state index contributed by atoms with van der Waals surface area (Å²) in [6.45, 7) is 4.49. The molecule has 0 atom stereocenters. The second kappa shape index (κ2) is 8.09. The highest BCUT2D eigenvalue weighted by Gasteiger charge is 2.32. The summed E-state index contributed by atoms with van der Waals surface area (Å²) in [6, 6.07) is 18.0. The van der Waals surface area contributed by atoms with Gasteiger partial charge in [0.25, 0.3) is 5.91 Å². The monoisotopic (exact) mass is 405 g/mol. The molecule has 1 aliphatic heterocycles. The Labute approximate surface area is 173 Å². The lowest BCUT2D eigenvalue weighted by atomic mass is 10.2. The van der Waals surface area contributed by atoms with Crippen molar-refractivity contribution in [2.24, 2.45) is 4.99 Å². The summed E-state index contributed by atoms with van der Waals surface area (Å²) in [5.74, 6) is -0.384. The second-order valence-electron chi connectivity index (χ2n) is 6.62. The van der Waals surface area contributed by atoms with Gasteiger partial charge in [-0.05, 0) is 79.7 Å². The maximum absolute atomic E-state index is 13.2. The lowest BCUT2D eigenvalue weighted by Gasteiger charge is -2.12. The molecule has 29 heavy (non-hydrogen) atoms. The van der Waals surface area contributed by atoms with Gasteiger partial charge in [0.1, 0.15) is 5.82 Å². The summed E-state index contributed by atoms with van der Waals surface area (Å²) in [6.07, 6.45) is 3.89. The van der Waals surface area contributed by atoms with Crippen LogP contribution in [0.5, 0.6) is 0 Å². The van der Waals surface area contributed by atoms with Gasteiger partial charge < -0.3 is 4.57 Å². The number of aliphatic imine (C=N–C) groups is 1. The first-order valence-electron chi connectivity index (χ1n) is 9.36. The molecule has 0 aliphatic carbocycles. The van der Waals surface area contributed by atoms with E-state index in [1.165, 1.54) is 23.9 Å². The van der Waals surface area contributed by atoms with Crippen molar-refractivity contribution in [2.75, 3.05) is 6.54 Å². The van der Waals surface area contributed by atoms with Crippen molar-refractivity contribution in [3.63, 3.8) is 0 Å². The predicted molar refractivity (Wildman–Crippen MR) is 117 cm³/mol. The van der Waals surface area contributed by atoms with Crippen LogP contribution in [0.25, 0.3) is 11.8 Å². The van der Waals surface area contributed by atoms with Gasteiger partial charge >= 0.3 is 0 Å². The van der Waals surface area contributed by atoms with E-state index >= 15 is 0 Å². The van der Waals surface area contributed by atoms with E-state index in [0.717, 1.165) is 16.9 Å². The lowest BCUT2D eigenvalue weighted by Crippen LogP contribution is -2.28. The van der Waals surface area contributed by atoms with Crippen molar-refractivity contribution >= 4 is 34.6 Å². The summed E-state index contributed by atoms with van der Waals surface area (Å²) >= 11 is 1.34. The van der Waals surface area contributed by atoms with Crippen LogP contribution in [0.2, 0.25) is 0 Å². The Kier molecular flexibility index (Phi) is 5.36. The molecule has 146 valence electrons. The van der Waals surface area contributed by atoms with Gasteiger partial charge in [-0.2, -0.15) is 0 Å². The summed E-state index contributed by atoms with van der Waals surface area (Å²) in [5, 5.41) is 0.601. The van der Waals surface area contributed by atoms with Gasteiger partial charge in [-0.3, -0.25) is 9.69 Å². The van der Waals surface area contributed by atoms with Crippen molar-refractivity contribution in [1.29, 1.82) is 0 Å². The minimum absolute atomic E-state index is 0.0732. The maximum Gasteiger partial charge on any atom is 0.266 e. The molecule has 1 amide bonds. The first-order chi connectivity index (χ1) is 14.1. The molecule has 0 radical (unpaired) electrons. The van der Waals surface area contributed by atoms with E-state index < -0.39 is 0 Å². The average molecular weight is 405 g/mol. The van der Waals surface area contributed by atoms with Crippen LogP contribution in [0.4, 0.5) is 10.1 Å². The highest BCUT2D eigenvalue weighted by atomic mass is 32.2. The van der Waals surface area contributed by atoms with Crippen molar-refractivity contribution in [1.82, 2.24) is 9.47 Å². The summed E-state index contributed by atoms with van der Waals surface area (Å²) in [5.41, 5.74) is 3.77. The molecule has 3 aromatic rings. The van der Waals surface area contributed by atoms with Gasteiger partial charge in [-0.1, -0.05) is 18.2 Å². The van der Waals surface area contributed by atoms with E-state index in [2.05, 4.69) is 28.6 Å². The van der Waals surface area contributed by atoms with Crippen LogP contribution < -0.4 is 0 Å². The molecule has 0 N–H and O–H groups in total.